The summed E-state index contributed by atoms with van der Waals surface area (Å²) in [6, 6.07) is 4.47. The van der Waals surface area contributed by atoms with Crippen molar-refractivity contribution in [3.63, 3.8) is 0 Å². The first-order chi connectivity index (χ1) is 12.4. The second-order valence-corrected chi connectivity index (χ2v) is 11.7. The van der Waals surface area contributed by atoms with E-state index < -0.39 is 10.8 Å². The van der Waals surface area contributed by atoms with Crippen molar-refractivity contribution < 1.29 is 9.00 Å². The highest BCUT2D eigenvalue weighted by atomic mass is 32.2. The Labute approximate surface area is 169 Å². The number of ketones is 1. The molecule has 1 unspecified atom stereocenters. The summed E-state index contributed by atoms with van der Waals surface area (Å²) < 4.78 is 13.9. The summed E-state index contributed by atoms with van der Waals surface area (Å²) in [5, 5.41) is -0.370. The molecule has 1 fully saturated rings. The molecule has 152 valence electrons. The van der Waals surface area contributed by atoms with Crippen molar-refractivity contribution >= 4 is 16.6 Å². The summed E-state index contributed by atoms with van der Waals surface area (Å²) in [6.45, 7) is 19.6. The van der Waals surface area contributed by atoms with Gasteiger partial charge in [0.15, 0.2) is 0 Å². The second kappa shape index (κ2) is 8.19. The van der Waals surface area contributed by atoms with Crippen LogP contribution in [0.4, 0.5) is 0 Å². The number of carbonyl (C=O) groups excluding carboxylic acids is 1. The van der Waals surface area contributed by atoms with E-state index in [0.717, 1.165) is 22.4 Å². The molecule has 1 aromatic carbocycles. The fourth-order valence-electron chi connectivity index (χ4n) is 4.22. The van der Waals surface area contributed by atoms with Crippen LogP contribution in [0.1, 0.15) is 110 Å². The Morgan fingerprint density at radius 1 is 0.926 bits per heavy atom. The van der Waals surface area contributed by atoms with Gasteiger partial charge in [0.1, 0.15) is 11.0 Å². The maximum absolute atomic E-state index is 13.9. The SMILES string of the molecule is CC(C)c1cc(C(C)C)c(S(=O)[C@H]2C(=O)CC[C@@H]2C(C)(C)C)c(C(C)C)c1. The highest BCUT2D eigenvalue weighted by Gasteiger charge is 2.46. The van der Waals surface area contributed by atoms with Crippen LogP contribution in [0.3, 0.4) is 0 Å². The normalized spacial score (nSPS) is 22.3. The molecule has 2 nitrogen and oxygen atoms in total. The van der Waals surface area contributed by atoms with E-state index in [1.54, 1.807) is 0 Å². The number of benzene rings is 1. The molecule has 0 bridgehead atoms. The van der Waals surface area contributed by atoms with Gasteiger partial charge in [0.2, 0.25) is 0 Å². The molecule has 0 aliphatic heterocycles. The Morgan fingerprint density at radius 2 is 1.41 bits per heavy atom. The summed E-state index contributed by atoms with van der Waals surface area (Å²) >= 11 is 0. The summed E-state index contributed by atoms with van der Waals surface area (Å²) in [6.07, 6.45) is 1.42. The van der Waals surface area contributed by atoms with Crippen LogP contribution in [-0.4, -0.2) is 15.2 Å². The van der Waals surface area contributed by atoms with E-state index in [-0.39, 0.29) is 34.2 Å². The maximum atomic E-state index is 13.9. The first-order valence-electron chi connectivity index (χ1n) is 10.5. The van der Waals surface area contributed by atoms with Crippen molar-refractivity contribution in [3.05, 3.63) is 28.8 Å². The molecule has 1 saturated carbocycles. The first-order valence-corrected chi connectivity index (χ1v) is 11.7. The van der Waals surface area contributed by atoms with Crippen LogP contribution in [-0.2, 0) is 15.6 Å². The molecule has 0 radical (unpaired) electrons. The van der Waals surface area contributed by atoms with Gasteiger partial charge in [-0.15, -0.1) is 0 Å². The van der Waals surface area contributed by atoms with Crippen molar-refractivity contribution in [3.8, 4) is 0 Å². The van der Waals surface area contributed by atoms with E-state index in [1.807, 2.05) is 0 Å². The number of carbonyl (C=O) groups is 1. The zero-order valence-corrected chi connectivity index (χ0v) is 19.5. The minimum Gasteiger partial charge on any atom is -0.298 e. The Balaban J connectivity index is 2.68. The van der Waals surface area contributed by atoms with Crippen LogP contribution < -0.4 is 0 Å². The standard InChI is InChI=1S/C24H38O2S/c1-14(2)17-12-18(15(3)4)22(19(13-17)16(5)6)27(26)23-20(24(7,8)9)10-11-21(23)25/h12-16,20,23H,10-11H2,1-9H3/t20-,23+,27?/m0/s1. The van der Waals surface area contributed by atoms with Gasteiger partial charge >= 0.3 is 0 Å². The molecule has 1 aromatic rings. The predicted octanol–water partition coefficient (Wildman–Crippen LogP) is 6.56. The van der Waals surface area contributed by atoms with Crippen LogP contribution in [0.2, 0.25) is 0 Å². The lowest BCUT2D eigenvalue weighted by atomic mass is 9.79. The zero-order chi connectivity index (χ0) is 20.7. The van der Waals surface area contributed by atoms with Crippen molar-refractivity contribution in [2.75, 3.05) is 0 Å². The van der Waals surface area contributed by atoms with Gasteiger partial charge in [0.25, 0.3) is 0 Å². The number of rotatable bonds is 5. The molecule has 0 amide bonds. The first kappa shape index (κ1) is 22.3. The van der Waals surface area contributed by atoms with E-state index in [0.29, 0.717) is 12.3 Å². The van der Waals surface area contributed by atoms with Crippen molar-refractivity contribution in [2.24, 2.45) is 11.3 Å². The predicted molar refractivity (Wildman–Crippen MR) is 116 cm³/mol. The van der Waals surface area contributed by atoms with Gasteiger partial charge in [-0.05, 0) is 52.2 Å². The molecule has 27 heavy (non-hydrogen) atoms. The van der Waals surface area contributed by atoms with Gasteiger partial charge in [0, 0.05) is 11.3 Å². The maximum Gasteiger partial charge on any atom is 0.149 e. The Hall–Kier alpha value is -0.960. The van der Waals surface area contributed by atoms with Crippen molar-refractivity contribution in [1.82, 2.24) is 0 Å². The Bertz CT molecular complexity index is 693. The minimum atomic E-state index is -1.30. The van der Waals surface area contributed by atoms with Gasteiger partial charge < -0.3 is 0 Å². The summed E-state index contributed by atoms with van der Waals surface area (Å²) in [5.74, 6) is 1.36. The Morgan fingerprint density at radius 3 is 1.78 bits per heavy atom. The smallest absolute Gasteiger partial charge is 0.149 e. The lowest BCUT2D eigenvalue weighted by molar-refractivity contribution is -0.117. The van der Waals surface area contributed by atoms with Crippen molar-refractivity contribution in [2.45, 2.75) is 103 Å². The molecule has 3 atom stereocenters. The Kier molecular flexibility index (Phi) is 6.77. The van der Waals surface area contributed by atoms with E-state index in [4.69, 9.17) is 0 Å². The number of hydrogen-bond acceptors (Lipinski definition) is 2. The lowest BCUT2D eigenvalue weighted by Gasteiger charge is -2.32. The lowest BCUT2D eigenvalue weighted by Crippen LogP contribution is -2.35. The van der Waals surface area contributed by atoms with Crippen molar-refractivity contribution in [1.29, 1.82) is 0 Å². The molecule has 0 heterocycles. The summed E-state index contributed by atoms with van der Waals surface area (Å²) in [5.41, 5.74) is 3.61. The third-order valence-corrected chi connectivity index (χ3v) is 7.93. The van der Waals surface area contributed by atoms with Gasteiger partial charge in [-0.25, -0.2) is 0 Å². The van der Waals surface area contributed by atoms with Gasteiger partial charge in [-0.1, -0.05) is 74.4 Å². The third-order valence-electron chi connectivity index (χ3n) is 6.01. The molecule has 0 aromatic heterocycles. The fraction of sp³-hybridized carbons (Fsp3) is 0.708. The average molecular weight is 391 g/mol. The van der Waals surface area contributed by atoms with Crippen LogP contribution in [0.5, 0.6) is 0 Å². The van der Waals surface area contributed by atoms with Crippen LogP contribution in [0, 0.1) is 11.3 Å². The molecular formula is C24H38O2S. The molecule has 3 heteroatoms. The average Bonchev–Trinajstić information content (AvgIpc) is 2.94. The monoisotopic (exact) mass is 390 g/mol. The molecule has 2 rings (SSSR count). The highest BCUT2D eigenvalue weighted by Crippen LogP contribution is 2.44. The molecule has 0 saturated heterocycles. The third kappa shape index (κ3) is 4.55. The van der Waals surface area contributed by atoms with Crippen LogP contribution >= 0.6 is 0 Å². The highest BCUT2D eigenvalue weighted by molar-refractivity contribution is 7.86. The van der Waals surface area contributed by atoms with E-state index in [1.165, 1.54) is 5.56 Å². The molecule has 1 aliphatic rings. The molecule has 0 spiro atoms. The fourth-order valence-corrected chi connectivity index (χ4v) is 6.73. The summed E-state index contributed by atoms with van der Waals surface area (Å²) in [7, 11) is -1.30. The second-order valence-electron chi connectivity index (χ2n) is 10.2. The van der Waals surface area contributed by atoms with Gasteiger partial charge in [-0.2, -0.15) is 0 Å². The van der Waals surface area contributed by atoms with E-state index >= 15 is 0 Å². The van der Waals surface area contributed by atoms with Gasteiger partial charge in [0.05, 0.1) is 10.8 Å². The largest absolute Gasteiger partial charge is 0.298 e. The number of Topliss-reactive ketones (excluding diaryl/α,β-unsaturated/α-hetero) is 1. The van der Waals surface area contributed by atoms with Crippen LogP contribution in [0.15, 0.2) is 17.0 Å². The number of hydrogen-bond donors (Lipinski definition) is 0. The molecular weight excluding hydrogens is 352 g/mol. The van der Waals surface area contributed by atoms with E-state index in [2.05, 4.69) is 74.4 Å². The topological polar surface area (TPSA) is 34.1 Å². The van der Waals surface area contributed by atoms with Crippen LogP contribution in [0.25, 0.3) is 0 Å². The molecule has 1 aliphatic carbocycles. The zero-order valence-electron chi connectivity index (χ0n) is 18.7. The quantitative estimate of drug-likeness (QED) is 0.570. The van der Waals surface area contributed by atoms with Gasteiger partial charge in [-0.3, -0.25) is 9.00 Å². The summed E-state index contributed by atoms with van der Waals surface area (Å²) in [4.78, 5) is 13.7. The minimum absolute atomic E-state index is 0.0135. The molecule has 0 N–H and O–H groups in total. The van der Waals surface area contributed by atoms with E-state index in [9.17, 15) is 9.00 Å².